The van der Waals surface area contributed by atoms with Crippen LogP contribution >= 0.6 is 0 Å². The maximum absolute atomic E-state index is 15.2. The van der Waals surface area contributed by atoms with Gasteiger partial charge in [-0.3, -0.25) is 4.98 Å². The molecule has 0 aliphatic carbocycles. The molecule has 2 aromatic heterocycles. The van der Waals surface area contributed by atoms with Gasteiger partial charge in [-0.15, -0.1) is 0 Å². The molecule has 0 radical (unpaired) electrons. The second-order valence-corrected chi connectivity index (χ2v) is 9.94. The smallest absolute Gasteiger partial charge is 0.161 e. The highest BCUT2D eigenvalue weighted by atomic mass is 32.2. The molecule has 0 fully saturated rings. The Kier molecular flexibility index (Phi) is 4.75. The van der Waals surface area contributed by atoms with Gasteiger partial charge in [0.15, 0.2) is 5.58 Å². The van der Waals surface area contributed by atoms with Crippen LogP contribution in [-0.4, -0.2) is 20.6 Å². The minimum atomic E-state index is -2.80. The Morgan fingerprint density at radius 3 is 2.43 bits per heavy atom. The van der Waals surface area contributed by atoms with Crippen molar-refractivity contribution >= 4 is 20.8 Å². The molecule has 4 aromatic rings. The number of nitrogens with one attached hydrogen (secondary N) is 1. The number of aliphatic hydroxyl groups is 1. The summed E-state index contributed by atoms with van der Waals surface area (Å²) in [4.78, 5) is 4.77. The van der Waals surface area contributed by atoms with E-state index >= 15 is 4.39 Å². The fourth-order valence-corrected chi connectivity index (χ4v) is 4.04. The Balaban J connectivity index is 1.85. The number of hydrogen-bond donors (Lipinski definition) is 2. The number of halogens is 1. The van der Waals surface area contributed by atoms with Gasteiger partial charge in [0.1, 0.15) is 17.1 Å². The summed E-state index contributed by atoms with van der Waals surface area (Å²) in [6.45, 7) is 3.08. The number of rotatable bonds is 4. The van der Waals surface area contributed by atoms with Gasteiger partial charge in [-0.1, -0.05) is 30.3 Å². The van der Waals surface area contributed by atoms with Gasteiger partial charge in [0.25, 0.3) is 0 Å². The van der Waals surface area contributed by atoms with Crippen LogP contribution in [0.15, 0.2) is 70.1 Å². The molecule has 4 rings (SSSR count). The Bertz CT molecular complexity index is 1350. The topological polar surface area (TPSA) is 87.2 Å². The van der Waals surface area contributed by atoms with E-state index in [1.807, 2.05) is 0 Å². The predicted molar refractivity (Wildman–Crippen MR) is 115 cm³/mol. The summed E-state index contributed by atoms with van der Waals surface area (Å²) < 4.78 is 40.8. The third kappa shape index (κ3) is 3.62. The molecule has 1 unspecified atom stereocenters. The lowest BCUT2D eigenvalue weighted by atomic mass is 9.93. The van der Waals surface area contributed by atoms with Crippen LogP contribution in [0.25, 0.3) is 33.6 Å². The van der Waals surface area contributed by atoms with E-state index in [2.05, 4.69) is 4.98 Å². The quantitative estimate of drug-likeness (QED) is 0.449. The molecular weight excluding hydrogens is 403 g/mol. The Labute approximate surface area is 174 Å². The number of benzene rings is 2. The van der Waals surface area contributed by atoms with Gasteiger partial charge in [0, 0.05) is 45.7 Å². The first kappa shape index (κ1) is 20.3. The average molecular weight is 424 g/mol. The summed E-state index contributed by atoms with van der Waals surface area (Å²) in [6.07, 6.45) is 2.96. The lowest BCUT2D eigenvalue weighted by Gasteiger charge is -2.20. The number of hydrogen-bond acceptors (Lipinski definition) is 5. The summed E-state index contributed by atoms with van der Waals surface area (Å²) in [5.41, 5.74) is 1.47. The largest absolute Gasteiger partial charge is 0.454 e. The van der Waals surface area contributed by atoms with E-state index in [0.717, 1.165) is 5.56 Å². The zero-order valence-electron chi connectivity index (χ0n) is 16.8. The van der Waals surface area contributed by atoms with Crippen molar-refractivity contribution in [3.05, 3.63) is 72.2 Å². The Morgan fingerprint density at radius 2 is 1.80 bits per heavy atom. The standard InChI is InChI=1S/C23H21FN2O3S/c1-23(2,27)18-6-4-5-16(21(18)24)17-11-12-26-19-13-20(29-22(17)19)14-7-9-15(10-8-14)30(3,25)28/h4-13,25,27H,1-3H3. The van der Waals surface area contributed by atoms with Crippen molar-refractivity contribution < 1.29 is 18.1 Å². The molecule has 2 N–H and O–H groups in total. The zero-order valence-corrected chi connectivity index (χ0v) is 17.6. The van der Waals surface area contributed by atoms with Crippen molar-refractivity contribution in [2.24, 2.45) is 0 Å². The molecule has 30 heavy (non-hydrogen) atoms. The molecule has 0 saturated heterocycles. The monoisotopic (exact) mass is 424 g/mol. The molecule has 0 saturated carbocycles. The Hall–Kier alpha value is -3.03. The minimum absolute atomic E-state index is 0.200. The molecule has 0 bridgehead atoms. The highest BCUT2D eigenvalue weighted by Gasteiger charge is 2.24. The molecule has 154 valence electrons. The van der Waals surface area contributed by atoms with Gasteiger partial charge >= 0.3 is 0 Å². The molecule has 7 heteroatoms. The first-order valence-electron chi connectivity index (χ1n) is 9.30. The highest BCUT2D eigenvalue weighted by molar-refractivity contribution is 7.91. The van der Waals surface area contributed by atoms with Gasteiger partial charge < -0.3 is 9.52 Å². The van der Waals surface area contributed by atoms with Crippen LogP contribution in [0.5, 0.6) is 0 Å². The number of pyridine rings is 1. The first-order valence-corrected chi connectivity index (χ1v) is 11.3. The van der Waals surface area contributed by atoms with Crippen LogP contribution in [-0.2, 0) is 15.3 Å². The van der Waals surface area contributed by atoms with E-state index in [-0.39, 0.29) is 5.56 Å². The SMILES string of the molecule is CC(C)(O)c1cccc(-c2ccnc3cc(-c4ccc(S(C)(=N)=O)cc4)oc23)c1F. The van der Waals surface area contributed by atoms with Crippen LogP contribution < -0.4 is 0 Å². The molecule has 1 atom stereocenters. The second-order valence-electron chi connectivity index (χ2n) is 7.78. The van der Waals surface area contributed by atoms with Gasteiger partial charge in [0.2, 0.25) is 0 Å². The van der Waals surface area contributed by atoms with Crippen LogP contribution in [0.4, 0.5) is 4.39 Å². The van der Waals surface area contributed by atoms with Crippen molar-refractivity contribution in [3.8, 4) is 22.5 Å². The average Bonchev–Trinajstić information content (AvgIpc) is 3.11. The van der Waals surface area contributed by atoms with Crippen LogP contribution in [0.3, 0.4) is 0 Å². The lowest BCUT2D eigenvalue weighted by molar-refractivity contribution is 0.0746. The van der Waals surface area contributed by atoms with Crippen LogP contribution in [0.1, 0.15) is 19.4 Å². The van der Waals surface area contributed by atoms with Gasteiger partial charge in [-0.2, -0.15) is 0 Å². The summed E-state index contributed by atoms with van der Waals surface area (Å²) in [7, 11) is -2.80. The first-order chi connectivity index (χ1) is 14.1. The van der Waals surface area contributed by atoms with Gasteiger partial charge in [-0.25, -0.2) is 13.4 Å². The van der Waals surface area contributed by atoms with Crippen molar-refractivity contribution in [2.75, 3.05) is 6.26 Å². The van der Waals surface area contributed by atoms with Crippen molar-refractivity contribution in [1.82, 2.24) is 4.98 Å². The summed E-state index contributed by atoms with van der Waals surface area (Å²) in [5.74, 6) is 0.0242. The number of aromatic nitrogens is 1. The van der Waals surface area contributed by atoms with E-state index in [1.165, 1.54) is 20.1 Å². The molecule has 0 aliphatic rings. The lowest BCUT2D eigenvalue weighted by Crippen LogP contribution is -2.17. The number of furan rings is 1. The Morgan fingerprint density at radius 1 is 1.10 bits per heavy atom. The van der Waals surface area contributed by atoms with Crippen molar-refractivity contribution in [1.29, 1.82) is 4.78 Å². The second kappa shape index (κ2) is 7.04. The fraction of sp³-hybridized carbons (Fsp3) is 0.174. The maximum Gasteiger partial charge on any atom is 0.161 e. The van der Waals surface area contributed by atoms with E-state index in [0.29, 0.717) is 32.9 Å². The summed E-state index contributed by atoms with van der Waals surface area (Å²) in [6, 6.07) is 15.1. The molecule has 0 aliphatic heterocycles. The van der Waals surface area contributed by atoms with Crippen molar-refractivity contribution in [2.45, 2.75) is 24.3 Å². The third-order valence-corrected chi connectivity index (χ3v) is 6.12. The van der Waals surface area contributed by atoms with Crippen molar-refractivity contribution in [3.63, 3.8) is 0 Å². The number of nitrogens with zero attached hydrogens (tertiary/aromatic N) is 1. The summed E-state index contributed by atoms with van der Waals surface area (Å²) >= 11 is 0. The fourth-order valence-electron chi connectivity index (χ4n) is 3.38. The van der Waals surface area contributed by atoms with Crippen LogP contribution in [0.2, 0.25) is 0 Å². The predicted octanol–water partition coefficient (Wildman–Crippen LogP) is 5.56. The number of fused-ring (bicyclic) bond motifs is 1. The van der Waals surface area contributed by atoms with E-state index < -0.39 is 21.1 Å². The molecule has 2 aromatic carbocycles. The van der Waals surface area contributed by atoms with E-state index in [9.17, 15) is 9.32 Å². The molecule has 2 heterocycles. The van der Waals surface area contributed by atoms with Gasteiger partial charge in [0.05, 0.1) is 15.3 Å². The maximum atomic E-state index is 15.2. The minimum Gasteiger partial charge on any atom is -0.454 e. The molecular formula is C23H21FN2O3S. The zero-order chi connectivity index (χ0) is 21.7. The van der Waals surface area contributed by atoms with Gasteiger partial charge in [-0.05, 0) is 32.0 Å². The molecule has 0 spiro atoms. The van der Waals surface area contributed by atoms with E-state index in [4.69, 9.17) is 9.20 Å². The van der Waals surface area contributed by atoms with Crippen LogP contribution in [0, 0.1) is 10.6 Å². The molecule has 5 nitrogen and oxygen atoms in total. The molecule has 0 amide bonds. The highest BCUT2D eigenvalue weighted by Crippen LogP contribution is 2.37. The summed E-state index contributed by atoms with van der Waals surface area (Å²) in [5, 5.41) is 10.3. The van der Waals surface area contributed by atoms with E-state index in [1.54, 1.807) is 60.8 Å². The normalized spacial score (nSPS) is 14.0. The third-order valence-electron chi connectivity index (χ3n) is 4.95.